The molecule has 0 unspecified atom stereocenters. The van der Waals surface area contributed by atoms with Gasteiger partial charge in [0.2, 0.25) is 0 Å². The molecule has 0 spiro atoms. The zero-order chi connectivity index (χ0) is 13.1. The third-order valence-electron chi connectivity index (χ3n) is 2.56. The van der Waals surface area contributed by atoms with E-state index in [0.29, 0.717) is 11.7 Å². The van der Waals surface area contributed by atoms with Crippen LogP contribution in [0.5, 0.6) is 0 Å². The first kappa shape index (κ1) is 13.3. The highest BCUT2D eigenvalue weighted by Crippen LogP contribution is 2.26. The van der Waals surface area contributed by atoms with E-state index in [-0.39, 0.29) is 0 Å². The van der Waals surface area contributed by atoms with Crippen LogP contribution in [0.2, 0.25) is 0 Å². The molecule has 0 fully saturated rings. The minimum Gasteiger partial charge on any atom is -0.383 e. The van der Waals surface area contributed by atoms with Gasteiger partial charge in [-0.25, -0.2) is 9.97 Å². The molecule has 0 radical (unpaired) electrons. The average molecular weight is 353 g/mol. The first-order valence-corrected chi connectivity index (χ1v) is 7.03. The molecule has 1 aromatic heterocycles. The van der Waals surface area contributed by atoms with E-state index < -0.39 is 0 Å². The van der Waals surface area contributed by atoms with Gasteiger partial charge in [0.05, 0.1) is 9.26 Å². The summed E-state index contributed by atoms with van der Waals surface area (Å²) in [4.78, 5) is 9.00. The lowest BCUT2D eigenvalue weighted by molar-refractivity contribution is 0.621. The van der Waals surface area contributed by atoms with Gasteiger partial charge in [-0.3, -0.25) is 0 Å². The molecule has 0 aliphatic rings. The molecule has 3 nitrogen and oxygen atoms in total. The Balaban J connectivity index is 2.49. The van der Waals surface area contributed by atoms with Crippen LogP contribution in [0, 0.1) is 9.49 Å². The Kier molecular flexibility index (Phi) is 4.16. The molecule has 1 heterocycles. The SMILES string of the molecule is CC(C)Cc1nc(N)c(I)c(-c2ccccc2)n1. The molecule has 2 N–H and O–H groups in total. The lowest BCUT2D eigenvalue weighted by Crippen LogP contribution is -2.07. The number of benzene rings is 1. The van der Waals surface area contributed by atoms with Gasteiger partial charge >= 0.3 is 0 Å². The summed E-state index contributed by atoms with van der Waals surface area (Å²) in [5.74, 6) is 1.91. The van der Waals surface area contributed by atoms with E-state index >= 15 is 0 Å². The Morgan fingerprint density at radius 1 is 1.17 bits per heavy atom. The van der Waals surface area contributed by atoms with E-state index in [2.05, 4.69) is 46.4 Å². The topological polar surface area (TPSA) is 51.8 Å². The fourth-order valence-electron chi connectivity index (χ4n) is 1.76. The second-order valence-corrected chi connectivity index (χ2v) is 5.73. The zero-order valence-electron chi connectivity index (χ0n) is 10.5. The Morgan fingerprint density at radius 3 is 2.44 bits per heavy atom. The van der Waals surface area contributed by atoms with Crippen molar-refractivity contribution in [3.8, 4) is 11.3 Å². The number of nitrogens with zero attached hydrogens (tertiary/aromatic N) is 2. The number of hydrogen-bond acceptors (Lipinski definition) is 3. The number of rotatable bonds is 3. The molecule has 2 aromatic rings. The summed E-state index contributed by atoms with van der Waals surface area (Å²) >= 11 is 2.21. The van der Waals surface area contributed by atoms with Crippen molar-refractivity contribution in [3.05, 3.63) is 39.7 Å². The van der Waals surface area contributed by atoms with Crippen LogP contribution >= 0.6 is 22.6 Å². The predicted octanol–water partition coefficient (Wildman–Crippen LogP) is 3.53. The summed E-state index contributed by atoms with van der Waals surface area (Å²) in [6, 6.07) is 10.1. The lowest BCUT2D eigenvalue weighted by Gasteiger charge is -2.10. The molecule has 2 rings (SSSR count). The summed E-state index contributed by atoms with van der Waals surface area (Å²) in [5, 5.41) is 0. The molecule has 1 aromatic carbocycles. The molecule has 94 valence electrons. The third-order valence-corrected chi connectivity index (χ3v) is 3.62. The normalized spacial score (nSPS) is 10.9. The monoisotopic (exact) mass is 353 g/mol. The van der Waals surface area contributed by atoms with Crippen molar-refractivity contribution in [1.29, 1.82) is 0 Å². The minimum atomic E-state index is 0.521. The summed E-state index contributed by atoms with van der Waals surface area (Å²) in [7, 11) is 0. The first-order valence-electron chi connectivity index (χ1n) is 5.95. The summed E-state index contributed by atoms with van der Waals surface area (Å²) in [5.41, 5.74) is 7.99. The molecule has 0 aliphatic heterocycles. The Labute approximate surface area is 121 Å². The van der Waals surface area contributed by atoms with Crippen LogP contribution in [-0.2, 0) is 6.42 Å². The number of hydrogen-bond donors (Lipinski definition) is 1. The Morgan fingerprint density at radius 2 is 1.83 bits per heavy atom. The molecule has 0 bridgehead atoms. The maximum atomic E-state index is 5.98. The third kappa shape index (κ3) is 2.98. The van der Waals surface area contributed by atoms with Gasteiger partial charge in [-0.15, -0.1) is 0 Å². The van der Waals surface area contributed by atoms with Crippen LogP contribution < -0.4 is 5.73 Å². The summed E-state index contributed by atoms with van der Waals surface area (Å²) < 4.78 is 0.923. The van der Waals surface area contributed by atoms with Gasteiger partial charge in [0, 0.05) is 12.0 Å². The van der Waals surface area contributed by atoms with Gasteiger partial charge < -0.3 is 5.73 Å². The molecule has 0 atom stereocenters. The largest absolute Gasteiger partial charge is 0.383 e. The van der Waals surface area contributed by atoms with Gasteiger partial charge in [0.15, 0.2) is 0 Å². The van der Waals surface area contributed by atoms with Gasteiger partial charge in [-0.1, -0.05) is 44.2 Å². The summed E-state index contributed by atoms with van der Waals surface area (Å²) in [6.45, 7) is 4.30. The molecule has 0 saturated heterocycles. The van der Waals surface area contributed by atoms with Crippen molar-refractivity contribution < 1.29 is 0 Å². The highest BCUT2D eigenvalue weighted by molar-refractivity contribution is 14.1. The van der Waals surface area contributed by atoms with Crippen molar-refractivity contribution in [2.75, 3.05) is 5.73 Å². The maximum absolute atomic E-state index is 5.98. The van der Waals surface area contributed by atoms with E-state index in [1.54, 1.807) is 0 Å². The molecular weight excluding hydrogens is 337 g/mol. The highest BCUT2D eigenvalue weighted by atomic mass is 127. The van der Waals surface area contributed by atoms with Crippen molar-refractivity contribution in [3.63, 3.8) is 0 Å². The number of anilines is 1. The maximum Gasteiger partial charge on any atom is 0.141 e. The Hall–Kier alpha value is -1.17. The second-order valence-electron chi connectivity index (χ2n) is 4.65. The Bertz CT molecular complexity index is 538. The first-order chi connectivity index (χ1) is 8.58. The van der Waals surface area contributed by atoms with Gasteiger partial charge in [0.25, 0.3) is 0 Å². The summed E-state index contributed by atoms with van der Waals surface area (Å²) in [6.07, 6.45) is 0.848. The quantitative estimate of drug-likeness (QED) is 0.859. The van der Waals surface area contributed by atoms with Crippen LogP contribution in [0.15, 0.2) is 30.3 Å². The van der Waals surface area contributed by atoms with Crippen LogP contribution in [0.1, 0.15) is 19.7 Å². The van der Waals surface area contributed by atoms with E-state index in [1.807, 2.05) is 30.3 Å². The number of nitrogens with two attached hydrogens (primary N) is 1. The van der Waals surface area contributed by atoms with Gasteiger partial charge in [-0.05, 0) is 28.5 Å². The smallest absolute Gasteiger partial charge is 0.141 e. The molecule has 0 amide bonds. The van der Waals surface area contributed by atoms with Crippen molar-refractivity contribution in [1.82, 2.24) is 9.97 Å². The fourth-order valence-corrected chi connectivity index (χ4v) is 2.31. The highest BCUT2D eigenvalue weighted by Gasteiger charge is 2.12. The zero-order valence-corrected chi connectivity index (χ0v) is 12.7. The average Bonchev–Trinajstić information content (AvgIpc) is 2.34. The van der Waals surface area contributed by atoms with Crippen LogP contribution in [0.3, 0.4) is 0 Å². The number of nitrogen functional groups attached to an aromatic ring is 1. The predicted molar refractivity (Wildman–Crippen MR) is 83.1 cm³/mol. The van der Waals surface area contributed by atoms with E-state index in [0.717, 1.165) is 27.1 Å². The standard InChI is InChI=1S/C14H16IN3/c1-9(2)8-11-17-13(12(15)14(16)18-11)10-6-4-3-5-7-10/h3-7,9H,8H2,1-2H3,(H2,16,17,18). The molecule has 0 saturated carbocycles. The van der Waals surface area contributed by atoms with Gasteiger partial charge in [-0.2, -0.15) is 0 Å². The molecule has 18 heavy (non-hydrogen) atoms. The van der Waals surface area contributed by atoms with Crippen molar-refractivity contribution in [2.45, 2.75) is 20.3 Å². The van der Waals surface area contributed by atoms with Crippen LogP contribution in [0.25, 0.3) is 11.3 Å². The van der Waals surface area contributed by atoms with Crippen LogP contribution in [0.4, 0.5) is 5.82 Å². The molecular formula is C14H16IN3. The molecule has 0 aliphatic carbocycles. The van der Waals surface area contributed by atoms with E-state index in [4.69, 9.17) is 5.73 Å². The number of halogens is 1. The van der Waals surface area contributed by atoms with Crippen molar-refractivity contribution >= 4 is 28.4 Å². The lowest BCUT2D eigenvalue weighted by atomic mass is 10.1. The van der Waals surface area contributed by atoms with E-state index in [1.165, 1.54) is 0 Å². The van der Waals surface area contributed by atoms with Crippen LogP contribution in [-0.4, -0.2) is 9.97 Å². The second kappa shape index (κ2) is 5.65. The van der Waals surface area contributed by atoms with Gasteiger partial charge in [0.1, 0.15) is 11.6 Å². The van der Waals surface area contributed by atoms with E-state index in [9.17, 15) is 0 Å². The van der Waals surface area contributed by atoms with Crippen molar-refractivity contribution in [2.24, 2.45) is 5.92 Å². The molecule has 4 heteroatoms. The fraction of sp³-hybridized carbons (Fsp3) is 0.286. The number of aromatic nitrogens is 2. The minimum absolute atomic E-state index is 0.521.